The molecule has 0 bridgehead atoms. The third kappa shape index (κ3) is 3.34. The van der Waals surface area contributed by atoms with Gasteiger partial charge in [0.25, 0.3) is 0 Å². The van der Waals surface area contributed by atoms with Crippen molar-refractivity contribution in [3.63, 3.8) is 0 Å². The lowest BCUT2D eigenvalue weighted by Gasteiger charge is -2.07. The Morgan fingerprint density at radius 3 is 2.53 bits per heavy atom. The van der Waals surface area contributed by atoms with E-state index in [1.807, 2.05) is 48.9 Å². The van der Waals surface area contributed by atoms with Gasteiger partial charge in [-0.2, -0.15) is 0 Å². The van der Waals surface area contributed by atoms with Gasteiger partial charge in [-0.1, -0.05) is 0 Å². The van der Waals surface area contributed by atoms with Gasteiger partial charge in [0.2, 0.25) is 0 Å². The molecule has 0 spiro atoms. The summed E-state index contributed by atoms with van der Waals surface area (Å²) in [4.78, 5) is 14.7. The Balaban J connectivity index is 2.06. The van der Waals surface area contributed by atoms with Crippen molar-refractivity contribution in [2.75, 3.05) is 6.61 Å². The minimum absolute atomic E-state index is 0.00156. The number of carboxylic acid groups (broad SMARTS) is 1. The molecule has 2 rings (SSSR count). The fraction of sp³-hybridized carbons (Fsp3) is 0.286. The summed E-state index contributed by atoms with van der Waals surface area (Å²) in [6.07, 6.45) is 1.97. The molecule has 2 aromatic rings. The summed E-state index contributed by atoms with van der Waals surface area (Å²) < 4.78 is 7.33. The maximum Gasteiger partial charge on any atom is 0.306 e. The predicted octanol–water partition coefficient (Wildman–Crippen LogP) is 2.34. The van der Waals surface area contributed by atoms with E-state index in [0.29, 0.717) is 5.75 Å². The highest BCUT2D eigenvalue weighted by atomic mass is 16.5. The third-order valence-electron chi connectivity index (χ3n) is 2.70. The molecule has 0 aliphatic heterocycles. The molecule has 0 fully saturated rings. The molecule has 1 aromatic heterocycles. The van der Waals surface area contributed by atoms with Crippen molar-refractivity contribution in [3.8, 4) is 11.4 Å². The van der Waals surface area contributed by atoms with E-state index in [0.717, 1.165) is 17.2 Å². The van der Waals surface area contributed by atoms with Crippen LogP contribution in [0.4, 0.5) is 0 Å². The number of rotatable bonds is 5. The molecule has 0 saturated carbocycles. The molecule has 0 aliphatic carbocycles. The smallest absolute Gasteiger partial charge is 0.306 e. The van der Waals surface area contributed by atoms with E-state index in [2.05, 4.69) is 4.98 Å². The van der Waals surface area contributed by atoms with E-state index < -0.39 is 5.97 Å². The molecule has 1 heterocycles. The second-order valence-corrected chi connectivity index (χ2v) is 4.29. The zero-order chi connectivity index (χ0) is 13.8. The maximum atomic E-state index is 10.4. The second kappa shape index (κ2) is 5.56. The molecule has 100 valence electrons. The number of benzene rings is 1. The molecule has 1 aromatic carbocycles. The van der Waals surface area contributed by atoms with Gasteiger partial charge in [-0.05, 0) is 38.1 Å². The second-order valence-electron chi connectivity index (χ2n) is 4.29. The Hall–Kier alpha value is -2.30. The molecule has 1 N–H and O–H groups in total. The van der Waals surface area contributed by atoms with Crippen LogP contribution in [-0.2, 0) is 4.79 Å². The highest BCUT2D eigenvalue weighted by Gasteiger charge is 2.04. The van der Waals surface area contributed by atoms with Gasteiger partial charge in [-0.25, -0.2) is 4.98 Å². The predicted molar refractivity (Wildman–Crippen MR) is 70.8 cm³/mol. The average Bonchev–Trinajstić information content (AvgIpc) is 2.69. The molecular formula is C14H16N2O3. The normalized spacial score (nSPS) is 10.4. The fourth-order valence-corrected chi connectivity index (χ4v) is 1.84. The summed E-state index contributed by atoms with van der Waals surface area (Å²) in [6.45, 7) is 4.08. The van der Waals surface area contributed by atoms with Crippen molar-refractivity contribution in [3.05, 3.63) is 42.0 Å². The van der Waals surface area contributed by atoms with E-state index in [-0.39, 0.29) is 13.0 Å². The Bertz CT molecular complexity index is 573. The van der Waals surface area contributed by atoms with Gasteiger partial charge >= 0.3 is 5.97 Å². The van der Waals surface area contributed by atoms with Crippen molar-refractivity contribution in [1.29, 1.82) is 0 Å². The van der Waals surface area contributed by atoms with Crippen LogP contribution in [-0.4, -0.2) is 27.2 Å². The Morgan fingerprint density at radius 1 is 1.32 bits per heavy atom. The number of aryl methyl sites for hydroxylation is 2. The summed E-state index contributed by atoms with van der Waals surface area (Å²) in [5, 5.41) is 8.53. The van der Waals surface area contributed by atoms with Crippen LogP contribution in [0.5, 0.6) is 5.75 Å². The third-order valence-corrected chi connectivity index (χ3v) is 2.70. The van der Waals surface area contributed by atoms with Crippen molar-refractivity contribution in [1.82, 2.24) is 9.55 Å². The maximum absolute atomic E-state index is 10.4. The quantitative estimate of drug-likeness (QED) is 0.896. The molecular weight excluding hydrogens is 244 g/mol. The highest BCUT2D eigenvalue weighted by molar-refractivity contribution is 5.66. The van der Waals surface area contributed by atoms with Crippen LogP contribution in [0, 0.1) is 13.8 Å². The number of aromatic nitrogens is 2. The van der Waals surface area contributed by atoms with Gasteiger partial charge in [0.1, 0.15) is 11.6 Å². The Kier molecular flexibility index (Phi) is 3.85. The number of carboxylic acids is 1. The van der Waals surface area contributed by atoms with Crippen LogP contribution in [0.15, 0.2) is 30.5 Å². The number of aliphatic carboxylic acids is 1. The lowest BCUT2D eigenvalue weighted by atomic mass is 10.3. The number of imidazole rings is 1. The van der Waals surface area contributed by atoms with E-state index in [1.165, 1.54) is 0 Å². The largest absolute Gasteiger partial charge is 0.493 e. The lowest BCUT2D eigenvalue weighted by Crippen LogP contribution is -2.04. The molecule has 5 heteroatoms. The van der Waals surface area contributed by atoms with Crippen LogP contribution in [0.2, 0.25) is 0 Å². The van der Waals surface area contributed by atoms with Gasteiger partial charge in [0, 0.05) is 11.9 Å². The first-order valence-electron chi connectivity index (χ1n) is 6.04. The Morgan fingerprint density at radius 2 is 2.00 bits per heavy atom. The number of hydrogen-bond acceptors (Lipinski definition) is 3. The van der Waals surface area contributed by atoms with Crippen LogP contribution in [0.1, 0.15) is 17.9 Å². The Labute approximate surface area is 111 Å². The van der Waals surface area contributed by atoms with Crippen molar-refractivity contribution in [2.45, 2.75) is 20.3 Å². The zero-order valence-corrected chi connectivity index (χ0v) is 11.0. The van der Waals surface area contributed by atoms with Crippen molar-refractivity contribution < 1.29 is 14.6 Å². The standard InChI is InChI=1S/C14H16N2O3/c1-10-9-16(11(2)15-10)12-3-5-13(6-4-12)19-8-7-14(17)18/h3-6,9H,7-8H2,1-2H3,(H,17,18). The summed E-state index contributed by atoms with van der Waals surface area (Å²) in [6, 6.07) is 7.49. The first kappa shape index (κ1) is 13.1. The number of ether oxygens (including phenoxy) is 1. The van der Waals surface area contributed by atoms with Gasteiger partial charge in [-0.3, -0.25) is 4.79 Å². The summed E-state index contributed by atoms with van der Waals surface area (Å²) in [7, 11) is 0. The topological polar surface area (TPSA) is 64.3 Å². The SMILES string of the molecule is Cc1cn(-c2ccc(OCCC(=O)O)cc2)c(C)n1. The molecule has 0 aliphatic rings. The molecule has 19 heavy (non-hydrogen) atoms. The summed E-state index contributed by atoms with van der Waals surface area (Å²) >= 11 is 0. The van der Waals surface area contributed by atoms with E-state index >= 15 is 0 Å². The highest BCUT2D eigenvalue weighted by Crippen LogP contribution is 2.17. The van der Waals surface area contributed by atoms with Crippen LogP contribution < -0.4 is 4.74 Å². The van der Waals surface area contributed by atoms with E-state index in [9.17, 15) is 4.79 Å². The van der Waals surface area contributed by atoms with Crippen molar-refractivity contribution >= 4 is 5.97 Å². The number of hydrogen-bond donors (Lipinski definition) is 1. The van der Waals surface area contributed by atoms with E-state index in [4.69, 9.17) is 9.84 Å². The van der Waals surface area contributed by atoms with Crippen LogP contribution in [0.25, 0.3) is 5.69 Å². The summed E-state index contributed by atoms with van der Waals surface area (Å²) in [5.74, 6) is 0.734. The van der Waals surface area contributed by atoms with E-state index in [1.54, 1.807) is 0 Å². The zero-order valence-electron chi connectivity index (χ0n) is 11.0. The molecule has 0 radical (unpaired) electrons. The number of nitrogens with zero attached hydrogens (tertiary/aromatic N) is 2. The average molecular weight is 260 g/mol. The van der Waals surface area contributed by atoms with Crippen molar-refractivity contribution in [2.24, 2.45) is 0 Å². The minimum Gasteiger partial charge on any atom is -0.493 e. The molecule has 0 unspecified atom stereocenters. The van der Waals surface area contributed by atoms with Crippen LogP contribution >= 0.6 is 0 Å². The van der Waals surface area contributed by atoms with Gasteiger partial charge in [0.15, 0.2) is 0 Å². The first-order valence-corrected chi connectivity index (χ1v) is 6.04. The fourth-order valence-electron chi connectivity index (χ4n) is 1.84. The number of carbonyl (C=O) groups is 1. The molecule has 0 saturated heterocycles. The molecule has 0 atom stereocenters. The molecule has 5 nitrogen and oxygen atoms in total. The molecule has 0 amide bonds. The van der Waals surface area contributed by atoms with Gasteiger partial charge < -0.3 is 14.4 Å². The van der Waals surface area contributed by atoms with Crippen LogP contribution in [0.3, 0.4) is 0 Å². The monoisotopic (exact) mass is 260 g/mol. The minimum atomic E-state index is -0.860. The van der Waals surface area contributed by atoms with Gasteiger partial charge in [0.05, 0.1) is 18.7 Å². The summed E-state index contributed by atoms with van der Waals surface area (Å²) in [5.41, 5.74) is 1.97. The van der Waals surface area contributed by atoms with Gasteiger partial charge in [-0.15, -0.1) is 0 Å². The first-order chi connectivity index (χ1) is 9.06. The lowest BCUT2D eigenvalue weighted by molar-refractivity contribution is -0.137.